The predicted molar refractivity (Wildman–Crippen MR) is 217 cm³/mol. The Kier molecular flexibility index (Phi) is 36.9. The van der Waals surface area contributed by atoms with E-state index < -0.39 is 51.1 Å². The van der Waals surface area contributed by atoms with Crippen molar-refractivity contribution in [2.24, 2.45) is 5.73 Å². The molecule has 4 N–H and O–H groups in total. The van der Waals surface area contributed by atoms with E-state index in [0.29, 0.717) is 12.8 Å². The summed E-state index contributed by atoms with van der Waals surface area (Å²) in [5, 5.41) is 8.88. The predicted octanol–water partition coefficient (Wildman–Crippen LogP) is 11.3. The molecule has 318 valence electrons. The Morgan fingerprint density at radius 1 is 0.556 bits per heavy atom. The SMILES string of the molecule is CCCCCC/C=C/CCCCCCCCCC(=O)OC(COC(=O)CCCCCCCCCCCCCCCCC)COP(=O)(O)OCC(N)C(=O)O. The number of unbranched alkanes of at least 4 members (excludes halogenated alkanes) is 25. The van der Waals surface area contributed by atoms with Gasteiger partial charge in [-0.05, 0) is 38.5 Å². The molecule has 0 spiro atoms. The summed E-state index contributed by atoms with van der Waals surface area (Å²) in [6, 6.07) is -1.52. The molecule has 0 aromatic heterocycles. The van der Waals surface area contributed by atoms with Crippen molar-refractivity contribution in [3.63, 3.8) is 0 Å². The van der Waals surface area contributed by atoms with Crippen LogP contribution >= 0.6 is 7.82 Å². The van der Waals surface area contributed by atoms with Crippen molar-refractivity contribution in [1.82, 2.24) is 0 Å². The summed E-state index contributed by atoms with van der Waals surface area (Å²) in [5.74, 6) is -2.37. The molecular formula is C42H80NO10P. The van der Waals surface area contributed by atoms with Gasteiger partial charge in [0.15, 0.2) is 6.10 Å². The number of hydrogen-bond acceptors (Lipinski definition) is 9. The van der Waals surface area contributed by atoms with Crippen molar-refractivity contribution in [3.8, 4) is 0 Å². The highest BCUT2D eigenvalue weighted by molar-refractivity contribution is 7.47. The maximum absolute atomic E-state index is 12.6. The highest BCUT2D eigenvalue weighted by Gasteiger charge is 2.28. The number of carbonyl (C=O) groups is 3. The zero-order chi connectivity index (χ0) is 40.0. The fourth-order valence-electron chi connectivity index (χ4n) is 6.06. The van der Waals surface area contributed by atoms with Crippen molar-refractivity contribution < 1.29 is 47.5 Å². The molecule has 0 aliphatic heterocycles. The molecule has 3 unspecified atom stereocenters. The highest BCUT2D eigenvalue weighted by Crippen LogP contribution is 2.43. The van der Waals surface area contributed by atoms with Gasteiger partial charge in [0.05, 0.1) is 13.2 Å². The summed E-state index contributed by atoms with van der Waals surface area (Å²) in [4.78, 5) is 45.9. The second-order valence-corrected chi connectivity index (χ2v) is 16.3. The summed E-state index contributed by atoms with van der Waals surface area (Å²) in [6.45, 7) is 2.80. The first-order valence-electron chi connectivity index (χ1n) is 21.7. The molecule has 0 aliphatic rings. The molecule has 0 amide bonds. The minimum Gasteiger partial charge on any atom is -0.480 e. The lowest BCUT2D eigenvalue weighted by molar-refractivity contribution is -0.161. The van der Waals surface area contributed by atoms with Gasteiger partial charge in [0, 0.05) is 12.8 Å². The molecule has 0 aromatic rings. The number of rotatable bonds is 41. The van der Waals surface area contributed by atoms with E-state index in [1.807, 2.05) is 0 Å². The zero-order valence-electron chi connectivity index (χ0n) is 34.3. The van der Waals surface area contributed by atoms with Crippen LogP contribution in [-0.4, -0.2) is 59.9 Å². The molecule has 0 aromatic carbocycles. The largest absolute Gasteiger partial charge is 0.480 e. The van der Waals surface area contributed by atoms with E-state index in [2.05, 4.69) is 30.5 Å². The first kappa shape index (κ1) is 52.2. The van der Waals surface area contributed by atoms with Crippen LogP contribution in [0.5, 0.6) is 0 Å². The fraction of sp³-hybridized carbons (Fsp3) is 0.881. The number of aliphatic carboxylic acids is 1. The second-order valence-electron chi connectivity index (χ2n) is 14.8. The number of esters is 2. The first-order valence-corrected chi connectivity index (χ1v) is 23.2. The maximum Gasteiger partial charge on any atom is 0.472 e. The third-order valence-electron chi connectivity index (χ3n) is 9.51. The van der Waals surface area contributed by atoms with Crippen molar-refractivity contribution in [1.29, 1.82) is 0 Å². The molecule has 11 nitrogen and oxygen atoms in total. The monoisotopic (exact) mass is 790 g/mol. The summed E-state index contributed by atoms with van der Waals surface area (Å²) in [6.07, 6.45) is 37.0. The van der Waals surface area contributed by atoms with Gasteiger partial charge in [0.1, 0.15) is 12.6 Å². The van der Waals surface area contributed by atoms with Crippen LogP contribution in [0.1, 0.15) is 206 Å². The Hall–Kier alpha value is -1.78. The molecule has 0 bridgehead atoms. The molecule has 0 fully saturated rings. The van der Waals surface area contributed by atoms with Gasteiger partial charge >= 0.3 is 25.7 Å². The van der Waals surface area contributed by atoms with Gasteiger partial charge in [-0.2, -0.15) is 0 Å². The third-order valence-corrected chi connectivity index (χ3v) is 10.5. The number of phosphoric ester groups is 1. The van der Waals surface area contributed by atoms with Gasteiger partial charge in [0.25, 0.3) is 0 Å². The van der Waals surface area contributed by atoms with Crippen LogP contribution in [0.15, 0.2) is 12.2 Å². The van der Waals surface area contributed by atoms with E-state index in [1.54, 1.807) is 0 Å². The Morgan fingerprint density at radius 3 is 1.37 bits per heavy atom. The molecule has 54 heavy (non-hydrogen) atoms. The lowest BCUT2D eigenvalue weighted by atomic mass is 10.0. The van der Waals surface area contributed by atoms with E-state index in [1.165, 1.54) is 122 Å². The van der Waals surface area contributed by atoms with Gasteiger partial charge in [-0.25, -0.2) is 4.57 Å². The van der Waals surface area contributed by atoms with Crippen molar-refractivity contribution >= 4 is 25.7 Å². The quantitative estimate of drug-likeness (QED) is 0.0233. The zero-order valence-corrected chi connectivity index (χ0v) is 35.2. The van der Waals surface area contributed by atoms with Crippen LogP contribution in [0.2, 0.25) is 0 Å². The van der Waals surface area contributed by atoms with Crippen molar-refractivity contribution in [3.05, 3.63) is 12.2 Å². The number of ether oxygens (including phenoxy) is 2. The number of carbonyl (C=O) groups excluding carboxylic acids is 2. The summed E-state index contributed by atoms with van der Waals surface area (Å²) >= 11 is 0. The number of allylic oxidation sites excluding steroid dienone is 2. The van der Waals surface area contributed by atoms with Crippen molar-refractivity contribution in [2.45, 2.75) is 219 Å². The number of hydrogen-bond donors (Lipinski definition) is 3. The molecule has 0 radical (unpaired) electrons. The van der Waals surface area contributed by atoms with Crippen LogP contribution in [0.4, 0.5) is 0 Å². The molecule has 3 atom stereocenters. The number of carboxylic acids is 1. The normalized spacial score (nSPS) is 13.9. The minimum atomic E-state index is -4.71. The van der Waals surface area contributed by atoms with Gasteiger partial charge in [-0.1, -0.05) is 167 Å². The Balaban J connectivity index is 4.34. The number of carboxylic acid groups (broad SMARTS) is 1. The lowest BCUT2D eigenvalue weighted by Gasteiger charge is -2.20. The van der Waals surface area contributed by atoms with E-state index in [0.717, 1.165) is 44.9 Å². The summed E-state index contributed by atoms with van der Waals surface area (Å²) in [7, 11) is -4.71. The van der Waals surface area contributed by atoms with Gasteiger partial charge < -0.3 is 25.2 Å². The average Bonchev–Trinajstić information content (AvgIpc) is 3.14. The summed E-state index contributed by atoms with van der Waals surface area (Å²) < 4.78 is 32.7. The average molecular weight is 790 g/mol. The molecule has 0 saturated heterocycles. The lowest BCUT2D eigenvalue weighted by Crippen LogP contribution is -2.34. The van der Waals surface area contributed by atoms with Gasteiger partial charge in [-0.15, -0.1) is 0 Å². The van der Waals surface area contributed by atoms with Crippen LogP contribution in [0, 0.1) is 0 Å². The second kappa shape index (κ2) is 38.1. The molecule has 0 saturated carbocycles. The number of nitrogens with two attached hydrogens (primary N) is 1. The number of phosphoric acid groups is 1. The summed E-state index contributed by atoms with van der Waals surface area (Å²) in [5.41, 5.74) is 5.33. The molecule has 0 heterocycles. The molecule has 0 rings (SSSR count). The first-order chi connectivity index (χ1) is 26.1. The van der Waals surface area contributed by atoms with E-state index in [4.69, 9.17) is 24.8 Å². The highest BCUT2D eigenvalue weighted by atomic mass is 31.2. The van der Waals surface area contributed by atoms with Crippen LogP contribution in [-0.2, 0) is 37.5 Å². The molecule has 12 heteroatoms. The van der Waals surface area contributed by atoms with Crippen LogP contribution in [0.3, 0.4) is 0 Å². The van der Waals surface area contributed by atoms with E-state index in [9.17, 15) is 23.8 Å². The van der Waals surface area contributed by atoms with Gasteiger partial charge in [0.2, 0.25) is 0 Å². The van der Waals surface area contributed by atoms with E-state index >= 15 is 0 Å². The Morgan fingerprint density at radius 2 is 0.926 bits per heavy atom. The van der Waals surface area contributed by atoms with Crippen LogP contribution in [0.25, 0.3) is 0 Å². The van der Waals surface area contributed by atoms with E-state index in [-0.39, 0.29) is 19.4 Å². The molecular weight excluding hydrogens is 709 g/mol. The maximum atomic E-state index is 12.6. The fourth-order valence-corrected chi connectivity index (χ4v) is 6.84. The van der Waals surface area contributed by atoms with Crippen molar-refractivity contribution in [2.75, 3.05) is 19.8 Å². The van der Waals surface area contributed by atoms with Crippen LogP contribution < -0.4 is 5.73 Å². The minimum absolute atomic E-state index is 0.160. The van der Waals surface area contributed by atoms with Gasteiger partial charge in [-0.3, -0.25) is 23.4 Å². The third kappa shape index (κ3) is 37.2. The standard InChI is InChI=1S/C42H80NO10P/c1-3-5-7-9-11-13-15-17-19-21-23-25-27-29-31-33-40(44)50-35-38(36-51-54(48,49)52-37-39(43)42(46)47)53-41(45)34-32-30-28-26-24-22-20-18-16-14-12-10-8-6-4-2/h14,16,38-39H,3-13,15,17-37,43H2,1-2H3,(H,46,47)(H,48,49)/b16-14+. The molecule has 0 aliphatic carbocycles. The topological polar surface area (TPSA) is 172 Å². The Labute approximate surface area is 328 Å². The smallest absolute Gasteiger partial charge is 0.472 e. The Bertz CT molecular complexity index is 979.